The zero-order chi connectivity index (χ0) is 30.9. The maximum absolute atomic E-state index is 7.56. The van der Waals surface area contributed by atoms with Crippen molar-refractivity contribution in [1.29, 1.82) is 0 Å². The molecule has 226 valence electrons. The molecule has 0 amide bonds. The van der Waals surface area contributed by atoms with E-state index in [2.05, 4.69) is 100 Å². The lowest BCUT2D eigenvalue weighted by atomic mass is 10.2. The Morgan fingerprint density at radius 1 is 0.395 bits per heavy atom. The van der Waals surface area contributed by atoms with E-state index in [1.165, 1.54) is 43.0 Å². The minimum atomic E-state index is -1.72. The topological polar surface area (TPSA) is 46.2 Å². The Hall–Kier alpha value is -3.53. The summed E-state index contributed by atoms with van der Waals surface area (Å²) in [7, 11) is -3.43. The van der Waals surface area contributed by atoms with Crippen LogP contribution in [0.2, 0.25) is 0 Å². The van der Waals surface area contributed by atoms with Crippen LogP contribution in [-0.4, -0.2) is 44.5 Å². The standard InChI is InChI=1S/C36H44O5Si2/c1-9-37-29-13-17-33(25(5)21-29)42(34-18-14-30(38-10-2)22-26(34)6)41-43(35-19-15-31(39-11-3)23-27(35)7)36-20-16-32(40-12-4)24-28(36)8/h13-24H,9-12H2,1-8H3. The van der Waals surface area contributed by atoms with Crippen molar-refractivity contribution in [3.05, 3.63) is 95.1 Å². The molecule has 0 aliphatic heterocycles. The van der Waals surface area contributed by atoms with Gasteiger partial charge in [-0.15, -0.1) is 0 Å². The van der Waals surface area contributed by atoms with Gasteiger partial charge in [0.2, 0.25) is 0 Å². The van der Waals surface area contributed by atoms with Gasteiger partial charge in [0.25, 0.3) is 18.1 Å². The molecule has 4 rings (SSSR count). The third-order valence-electron chi connectivity index (χ3n) is 7.22. The summed E-state index contributed by atoms with van der Waals surface area (Å²) in [5, 5.41) is 4.87. The molecule has 0 bridgehead atoms. The molecule has 4 aromatic carbocycles. The first kappa shape index (κ1) is 32.4. The van der Waals surface area contributed by atoms with E-state index in [-0.39, 0.29) is 0 Å². The molecule has 0 aromatic heterocycles. The third-order valence-corrected chi connectivity index (χ3v) is 13.1. The molecular weight excluding hydrogens is 569 g/mol. The molecule has 5 nitrogen and oxygen atoms in total. The highest BCUT2D eigenvalue weighted by Crippen LogP contribution is 2.19. The zero-order valence-corrected chi connectivity index (χ0v) is 28.8. The SMILES string of the molecule is CCOc1ccc([Si](O[Si](c2ccc(OCC)cc2C)c2ccc(OCC)cc2C)c2ccc(OCC)cc2C)c(C)c1. The van der Waals surface area contributed by atoms with Crippen LogP contribution in [0.5, 0.6) is 23.0 Å². The van der Waals surface area contributed by atoms with E-state index < -0.39 is 18.1 Å². The Morgan fingerprint density at radius 3 is 0.814 bits per heavy atom. The molecule has 0 N–H and O–H groups in total. The first-order valence-electron chi connectivity index (χ1n) is 15.2. The van der Waals surface area contributed by atoms with Gasteiger partial charge in [0.1, 0.15) is 23.0 Å². The lowest BCUT2D eigenvalue weighted by Gasteiger charge is -2.28. The Kier molecular flexibility index (Phi) is 11.5. The summed E-state index contributed by atoms with van der Waals surface area (Å²) in [6.45, 7) is 19.2. The highest BCUT2D eigenvalue weighted by molar-refractivity contribution is 6.92. The molecule has 0 heterocycles. The second-order valence-corrected chi connectivity index (χ2v) is 14.7. The molecule has 2 radical (unpaired) electrons. The van der Waals surface area contributed by atoms with E-state index in [0.717, 1.165) is 23.0 Å². The van der Waals surface area contributed by atoms with Crippen molar-refractivity contribution in [2.45, 2.75) is 55.4 Å². The molecule has 43 heavy (non-hydrogen) atoms. The summed E-state index contributed by atoms with van der Waals surface area (Å²) in [4.78, 5) is 0. The first-order valence-corrected chi connectivity index (χ1v) is 18.0. The number of rotatable bonds is 14. The molecule has 0 unspecified atom stereocenters. The highest BCUT2D eigenvalue weighted by atomic mass is 28.4. The van der Waals surface area contributed by atoms with Gasteiger partial charge in [-0.25, -0.2) is 0 Å². The van der Waals surface area contributed by atoms with Gasteiger partial charge in [-0.05, 0) is 147 Å². The van der Waals surface area contributed by atoms with Crippen molar-refractivity contribution in [3.63, 3.8) is 0 Å². The van der Waals surface area contributed by atoms with E-state index in [1.54, 1.807) is 0 Å². The summed E-state index contributed by atoms with van der Waals surface area (Å²) >= 11 is 0. The fourth-order valence-electron chi connectivity index (χ4n) is 5.20. The second-order valence-electron chi connectivity index (χ2n) is 10.4. The molecule has 0 aliphatic carbocycles. The van der Waals surface area contributed by atoms with Crippen molar-refractivity contribution in [1.82, 2.24) is 0 Å². The van der Waals surface area contributed by atoms with Crippen LogP contribution >= 0.6 is 0 Å². The minimum absolute atomic E-state index is 0.631. The van der Waals surface area contributed by atoms with Crippen LogP contribution in [0.15, 0.2) is 72.8 Å². The maximum atomic E-state index is 7.56. The van der Waals surface area contributed by atoms with Crippen molar-refractivity contribution >= 4 is 38.8 Å². The lowest BCUT2D eigenvalue weighted by molar-refractivity contribution is 0.340. The largest absolute Gasteiger partial charge is 0.494 e. The first-order chi connectivity index (χ1) is 20.8. The Bertz CT molecular complexity index is 1300. The summed E-state index contributed by atoms with van der Waals surface area (Å²) in [6, 6.07) is 25.6. The van der Waals surface area contributed by atoms with Crippen LogP contribution in [0.1, 0.15) is 49.9 Å². The summed E-state index contributed by atoms with van der Waals surface area (Å²) in [5.74, 6) is 3.51. The summed E-state index contributed by atoms with van der Waals surface area (Å²) < 4.78 is 30.9. The van der Waals surface area contributed by atoms with Crippen LogP contribution in [-0.2, 0) is 4.12 Å². The molecule has 0 saturated carbocycles. The van der Waals surface area contributed by atoms with E-state index in [4.69, 9.17) is 23.1 Å². The van der Waals surface area contributed by atoms with Crippen LogP contribution in [0, 0.1) is 27.7 Å². The average Bonchev–Trinajstić information content (AvgIpc) is 2.96. The van der Waals surface area contributed by atoms with Crippen LogP contribution in [0.4, 0.5) is 0 Å². The van der Waals surface area contributed by atoms with Crippen LogP contribution < -0.4 is 39.7 Å². The molecule has 0 spiro atoms. The van der Waals surface area contributed by atoms with Gasteiger partial charge >= 0.3 is 0 Å². The van der Waals surface area contributed by atoms with Gasteiger partial charge in [-0.2, -0.15) is 0 Å². The van der Waals surface area contributed by atoms with Crippen molar-refractivity contribution < 1.29 is 23.1 Å². The van der Waals surface area contributed by atoms with Gasteiger partial charge in [0, 0.05) is 0 Å². The third kappa shape index (κ3) is 7.90. The van der Waals surface area contributed by atoms with Gasteiger partial charge in [0.05, 0.1) is 26.4 Å². The Labute approximate surface area is 261 Å². The fourth-order valence-corrected chi connectivity index (χ4v) is 11.0. The van der Waals surface area contributed by atoms with Crippen molar-refractivity contribution in [2.75, 3.05) is 26.4 Å². The van der Waals surface area contributed by atoms with Gasteiger partial charge in [-0.3, -0.25) is 0 Å². The average molecular weight is 613 g/mol. The number of aryl methyl sites for hydroxylation is 4. The van der Waals surface area contributed by atoms with Crippen LogP contribution in [0.3, 0.4) is 0 Å². The predicted molar refractivity (Wildman–Crippen MR) is 181 cm³/mol. The highest BCUT2D eigenvalue weighted by Gasteiger charge is 2.32. The molecule has 7 heteroatoms. The second kappa shape index (κ2) is 15.3. The van der Waals surface area contributed by atoms with Gasteiger partial charge in [-0.1, -0.05) is 24.3 Å². The molecular formula is C36H44O5Si2. The number of ether oxygens (including phenoxy) is 4. The zero-order valence-electron chi connectivity index (χ0n) is 26.8. The summed E-state index contributed by atoms with van der Waals surface area (Å²) in [5.41, 5.74) is 4.67. The van der Waals surface area contributed by atoms with Crippen molar-refractivity contribution in [2.24, 2.45) is 0 Å². The van der Waals surface area contributed by atoms with E-state index in [0.29, 0.717) is 26.4 Å². The predicted octanol–water partition coefficient (Wildman–Crippen LogP) is 5.44. The van der Waals surface area contributed by atoms with Crippen LogP contribution in [0.25, 0.3) is 0 Å². The minimum Gasteiger partial charge on any atom is -0.494 e. The lowest BCUT2D eigenvalue weighted by Crippen LogP contribution is -2.58. The maximum Gasteiger partial charge on any atom is 0.273 e. The fraction of sp³-hybridized carbons (Fsp3) is 0.333. The van der Waals surface area contributed by atoms with Gasteiger partial charge < -0.3 is 23.1 Å². The van der Waals surface area contributed by atoms with E-state index in [9.17, 15) is 0 Å². The number of benzene rings is 4. The quantitative estimate of drug-likeness (QED) is 0.178. The molecule has 0 atom stereocenters. The number of hydrogen-bond donors (Lipinski definition) is 0. The Morgan fingerprint density at radius 2 is 0.628 bits per heavy atom. The normalized spacial score (nSPS) is 11.2. The van der Waals surface area contributed by atoms with E-state index >= 15 is 0 Å². The Balaban J connectivity index is 1.90. The van der Waals surface area contributed by atoms with Gasteiger partial charge in [0.15, 0.2) is 0 Å². The number of hydrogen-bond acceptors (Lipinski definition) is 5. The molecule has 0 saturated heterocycles. The monoisotopic (exact) mass is 612 g/mol. The van der Waals surface area contributed by atoms with E-state index in [1.807, 2.05) is 27.7 Å². The smallest absolute Gasteiger partial charge is 0.273 e. The molecule has 0 aliphatic rings. The molecule has 0 fully saturated rings. The molecule has 4 aromatic rings. The van der Waals surface area contributed by atoms with Crippen molar-refractivity contribution in [3.8, 4) is 23.0 Å². The summed E-state index contributed by atoms with van der Waals surface area (Å²) in [6.07, 6.45) is 0.